The monoisotopic (exact) mass is 207 g/mol. The van der Waals surface area contributed by atoms with Crippen LogP contribution in [0.3, 0.4) is 0 Å². The van der Waals surface area contributed by atoms with Gasteiger partial charge in [0.15, 0.2) is 0 Å². The Kier molecular flexibility index (Phi) is 27.9. The molecule has 0 aromatic carbocycles. The Morgan fingerprint density at radius 1 is 1.45 bits per heavy atom. The normalized spacial score (nSPS) is 7.09. The largest absolute Gasteiger partial charge is 1.00 e. The number of primary amides is 1. The van der Waals surface area contributed by atoms with E-state index in [9.17, 15) is 0 Å². The van der Waals surface area contributed by atoms with Gasteiger partial charge in [-0.1, -0.05) is 35.4 Å². The van der Waals surface area contributed by atoms with Crippen molar-refractivity contribution >= 4 is 27.7 Å². The average molecular weight is 207 g/mol. The molecular weight excluding hydrogens is 193 g/mol. The molecule has 3 nitrogen and oxygen atoms in total. The first-order valence-corrected chi connectivity index (χ1v) is 5.36. The third-order valence-corrected chi connectivity index (χ3v) is 2.87. The molecule has 1 amide bonds. The van der Waals surface area contributed by atoms with Gasteiger partial charge in [-0.3, -0.25) is 0 Å². The topological polar surface area (TPSA) is 63.3 Å². The second-order valence-electron chi connectivity index (χ2n) is 1.15. The molecule has 0 aliphatic carbocycles. The Morgan fingerprint density at radius 2 is 1.64 bits per heavy atom. The molecule has 0 aliphatic heterocycles. The Hall–Kier alpha value is 0.970. The van der Waals surface area contributed by atoms with E-state index in [0.717, 1.165) is 0 Å². The van der Waals surface area contributed by atoms with Crippen molar-refractivity contribution in [3.8, 4) is 0 Å². The third-order valence-electron chi connectivity index (χ3n) is 0.319. The third kappa shape index (κ3) is 56.0. The number of hydrogen-bond acceptors (Lipinski definition) is 3. The molecule has 0 unspecified atom stereocenters. The predicted molar refractivity (Wildman–Crippen MR) is 49.6 cm³/mol. The Bertz CT molecular complexity index is 81.8. The Balaban J connectivity index is -0.0000000483. The van der Waals surface area contributed by atoms with Gasteiger partial charge in [0.05, 0.1) is 0 Å². The van der Waals surface area contributed by atoms with Crippen molar-refractivity contribution < 1.29 is 40.9 Å². The van der Waals surface area contributed by atoms with Gasteiger partial charge in [0.1, 0.15) is 0 Å². The standard InChI is InChI=1S/C4H10S2.CH3NO2.Na.H/c1-3-5-6-4-2;2-1(3)4;;/h3-4H2,1-2H3;2H2,(H,3,4);;/q;;+1;-1. The molecule has 0 aromatic rings. The van der Waals surface area contributed by atoms with Crippen LogP contribution in [0.4, 0.5) is 4.79 Å². The molecule has 64 valence electrons. The van der Waals surface area contributed by atoms with E-state index in [0.29, 0.717) is 0 Å². The number of amides is 1. The maximum atomic E-state index is 8.78. The summed E-state index contributed by atoms with van der Waals surface area (Å²) in [7, 11) is 3.85. The van der Waals surface area contributed by atoms with Crippen molar-refractivity contribution in [2.24, 2.45) is 5.73 Å². The fraction of sp³-hybridized carbons (Fsp3) is 0.800. The van der Waals surface area contributed by atoms with E-state index in [1.54, 1.807) is 0 Å². The molecule has 0 aromatic heterocycles. The average Bonchev–Trinajstić information content (AvgIpc) is 1.82. The van der Waals surface area contributed by atoms with E-state index in [2.05, 4.69) is 19.6 Å². The molecule has 0 spiro atoms. The molecule has 11 heavy (non-hydrogen) atoms. The van der Waals surface area contributed by atoms with Crippen LogP contribution in [-0.4, -0.2) is 22.7 Å². The van der Waals surface area contributed by atoms with Gasteiger partial charge in [-0.15, -0.1) is 0 Å². The summed E-state index contributed by atoms with van der Waals surface area (Å²) < 4.78 is 0. The first kappa shape index (κ1) is 17.9. The summed E-state index contributed by atoms with van der Waals surface area (Å²) in [5.74, 6) is 2.47. The summed E-state index contributed by atoms with van der Waals surface area (Å²) in [6.45, 7) is 4.35. The summed E-state index contributed by atoms with van der Waals surface area (Å²) in [6, 6.07) is 0. The minimum atomic E-state index is -1.33. The van der Waals surface area contributed by atoms with Crippen molar-refractivity contribution in [1.82, 2.24) is 0 Å². The van der Waals surface area contributed by atoms with Gasteiger partial charge in [-0.25, -0.2) is 4.79 Å². The zero-order valence-corrected chi connectivity index (χ0v) is 10.8. The van der Waals surface area contributed by atoms with Gasteiger partial charge in [-0.05, 0) is 0 Å². The number of hydrogen-bond donors (Lipinski definition) is 2. The molecule has 0 saturated carbocycles. The minimum absolute atomic E-state index is 0. The second kappa shape index (κ2) is 17.2. The maximum absolute atomic E-state index is 8.78. The van der Waals surface area contributed by atoms with E-state index >= 15 is 0 Å². The van der Waals surface area contributed by atoms with E-state index in [4.69, 9.17) is 9.90 Å². The summed E-state index contributed by atoms with van der Waals surface area (Å²) >= 11 is 0. The van der Waals surface area contributed by atoms with Gasteiger partial charge in [0.25, 0.3) is 0 Å². The predicted octanol–water partition coefficient (Wildman–Crippen LogP) is -0.853. The molecule has 0 bridgehead atoms. The van der Waals surface area contributed by atoms with Gasteiger partial charge in [0.2, 0.25) is 0 Å². The molecule has 3 N–H and O–H groups in total. The molecule has 0 rings (SSSR count). The molecule has 6 heteroatoms. The smallest absolute Gasteiger partial charge is 1.00 e. The van der Waals surface area contributed by atoms with Crippen LogP contribution < -0.4 is 35.3 Å². The quantitative estimate of drug-likeness (QED) is 0.359. The van der Waals surface area contributed by atoms with Crippen LogP contribution in [0.5, 0.6) is 0 Å². The number of rotatable bonds is 3. The van der Waals surface area contributed by atoms with Crippen molar-refractivity contribution in [3.05, 3.63) is 0 Å². The zero-order chi connectivity index (χ0) is 8.41. The van der Waals surface area contributed by atoms with Crippen LogP contribution in [-0.2, 0) is 0 Å². The molecule has 0 saturated heterocycles. The van der Waals surface area contributed by atoms with Gasteiger partial charge >= 0.3 is 35.7 Å². The fourth-order valence-corrected chi connectivity index (χ4v) is 1.50. The van der Waals surface area contributed by atoms with E-state index in [-0.39, 0.29) is 31.0 Å². The molecule has 0 atom stereocenters. The molecule has 0 aliphatic rings. The Morgan fingerprint density at radius 3 is 1.73 bits per heavy atom. The van der Waals surface area contributed by atoms with Crippen LogP contribution in [0, 0.1) is 0 Å². The molecular formula is C5H14NNaO2S2. The molecule has 0 fully saturated rings. The van der Waals surface area contributed by atoms with Gasteiger partial charge < -0.3 is 12.3 Å². The first-order chi connectivity index (χ1) is 4.65. The van der Waals surface area contributed by atoms with Crippen LogP contribution in [0.15, 0.2) is 0 Å². The summed E-state index contributed by atoms with van der Waals surface area (Å²) in [4.78, 5) is 8.78. The molecule has 0 heterocycles. The summed E-state index contributed by atoms with van der Waals surface area (Å²) in [5.41, 5.74) is 4.03. The van der Waals surface area contributed by atoms with Crippen molar-refractivity contribution in [2.75, 3.05) is 11.5 Å². The van der Waals surface area contributed by atoms with Crippen molar-refractivity contribution in [3.63, 3.8) is 0 Å². The van der Waals surface area contributed by atoms with Crippen LogP contribution >= 0.6 is 21.6 Å². The second-order valence-corrected chi connectivity index (χ2v) is 4.19. The van der Waals surface area contributed by atoms with Gasteiger partial charge in [0, 0.05) is 11.5 Å². The van der Waals surface area contributed by atoms with E-state index in [1.165, 1.54) is 11.5 Å². The zero-order valence-electron chi connectivity index (χ0n) is 8.16. The van der Waals surface area contributed by atoms with E-state index < -0.39 is 6.09 Å². The van der Waals surface area contributed by atoms with E-state index in [1.807, 2.05) is 21.6 Å². The molecule has 0 radical (unpaired) electrons. The van der Waals surface area contributed by atoms with Gasteiger partial charge in [-0.2, -0.15) is 0 Å². The summed E-state index contributed by atoms with van der Waals surface area (Å²) in [6.07, 6.45) is -1.33. The maximum Gasteiger partial charge on any atom is 1.00 e. The van der Waals surface area contributed by atoms with Crippen molar-refractivity contribution in [1.29, 1.82) is 0 Å². The van der Waals surface area contributed by atoms with Crippen LogP contribution in [0.1, 0.15) is 15.3 Å². The number of carboxylic acid groups (broad SMARTS) is 1. The van der Waals surface area contributed by atoms with Crippen LogP contribution in [0.2, 0.25) is 0 Å². The Labute approximate surface area is 99.0 Å². The minimum Gasteiger partial charge on any atom is -1.00 e. The SMILES string of the molecule is CCSSCC.NC(=O)O.[H-].[Na+]. The van der Waals surface area contributed by atoms with Crippen LogP contribution in [0.25, 0.3) is 0 Å². The number of carbonyl (C=O) groups is 1. The number of nitrogens with two attached hydrogens (primary N) is 1. The van der Waals surface area contributed by atoms with Crippen molar-refractivity contribution in [2.45, 2.75) is 13.8 Å². The first-order valence-electron chi connectivity index (χ1n) is 2.87. The fourth-order valence-electron chi connectivity index (χ4n) is 0.167. The summed E-state index contributed by atoms with van der Waals surface area (Å²) in [5, 5.41) is 7.19.